The van der Waals surface area contributed by atoms with Crippen molar-refractivity contribution in [3.8, 4) is 0 Å². The first-order valence-corrected chi connectivity index (χ1v) is 7.94. The van der Waals surface area contributed by atoms with Crippen molar-refractivity contribution in [2.45, 2.75) is 31.0 Å². The molecule has 1 atom stereocenters. The summed E-state index contributed by atoms with van der Waals surface area (Å²) in [5, 5.41) is 9.84. The van der Waals surface area contributed by atoms with Gasteiger partial charge in [-0.3, -0.25) is 0 Å². The molecule has 112 valence electrons. The zero-order chi connectivity index (χ0) is 15.0. The lowest BCUT2D eigenvalue weighted by molar-refractivity contribution is -0.193. The number of hydrogen-bond acceptors (Lipinski definition) is 5. The fraction of sp³-hybridized carbons (Fsp3) is 0.533. The molecule has 20 heavy (non-hydrogen) atoms. The fourth-order valence-electron chi connectivity index (χ4n) is 1.87. The van der Waals surface area contributed by atoms with Crippen LogP contribution in [-0.2, 0) is 9.53 Å². The normalized spacial score (nSPS) is 21.9. The summed E-state index contributed by atoms with van der Waals surface area (Å²) in [5.74, 6) is -1.03. The quantitative estimate of drug-likeness (QED) is 0.686. The monoisotopic (exact) mass is 297 g/mol. The van der Waals surface area contributed by atoms with Gasteiger partial charge in [0, 0.05) is 23.5 Å². The number of anilines is 1. The summed E-state index contributed by atoms with van der Waals surface area (Å²) in [6, 6.07) is 8.38. The molecule has 5 heteroatoms. The Kier molecular flexibility index (Phi) is 7.05. The van der Waals surface area contributed by atoms with Crippen molar-refractivity contribution in [3.05, 3.63) is 24.3 Å². The molecule has 1 N–H and O–H groups in total. The minimum atomic E-state index is -1.03. The van der Waals surface area contributed by atoms with Gasteiger partial charge in [-0.05, 0) is 37.4 Å². The van der Waals surface area contributed by atoms with E-state index in [1.807, 2.05) is 6.92 Å². The minimum absolute atomic E-state index is 0.519. The average molecular weight is 297 g/mol. The fourth-order valence-corrected chi connectivity index (χ4v) is 2.28. The van der Waals surface area contributed by atoms with Crippen LogP contribution >= 0.6 is 11.8 Å². The summed E-state index contributed by atoms with van der Waals surface area (Å²) < 4.78 is 5.27. The van der Waals surface area contributed by atoms with Gasteiger partial charge in [-0.25, -0.2) is 0 Å². The minimum Gasteiger partial charge on any atom is -0.364 e. The van der Waals surface area contributed by atoms with Gasteiger partial charge in [0.05, 0.1) is 13.2 Å². The molecule has 1 heterocycles. The number of hydrogen-bond donors (Lipinski definition) is 1. The van der Waals surface area contributed by atoms with Gasteiger partial charge in [-0.2, -0.15) is 0 Å². The van der Waals surface area contributed by atoms with Gasteiger partial charge in [0.15, 0.2) is 5.79 Å². The number of rotatable bonds is 3. The predicted octanol–water partition coefficient (Wildman–Crippen LogP) is 2.55. The van der Waals surface area contributed by atoms with E-state index in [9.17, 15) is 9.90 Å². The molecule has 2 rings (SSSR count). The van der Waals surface area contributed by atoms with Crippen molar-refractivity contribution in [2.75, 3.05) is 30.9 Å². The number of morpholine rings is 1. The van der Waals surface area contributed by atoms with E-state index < -0.39 is 5.79 Å². The highest BCUT2D eigenvalue weighted by molar-refractivity contribution is 7.98. The van der Waals surface area contributed by atoms with E-state index in [-0.39, 0.29) is 0 Å². The van der Waals surface area contributed by atoms with Crippen LogP contribution in [0.4, 0.5) is 5.69 Å². The molecule has 1 fully saturated rings. The molecule has 0 aromatic heterocycles. The molecular formula is C15H23NO3S. The van der Waals surface area contributed by atoms with E-state index in [0.717, 1.165) is 18.5 Å². The molecule has 1 aromatic carbocycles. The molecule has 0 aliphatic carbocycles. The Bertz CT molecular complexity index is 406. The van der Waals surface area contributed by atoms with Crippen LogP contribution in [0.3, 0.4) is 0 Å². The molecule has 0 amide bonds. The van der Waals surface area contributed by atoms with Crippen LogP contribution in [0.15, 0.2) is 29.2 Å². The van der Waals surface area contributed by atoms with E-state index in [4.69, 9.17) is 4.74 Å². The molecule has 0 radical (unpaired) electrons. The molecule has 1 saturated heterocycles. The van der Waals surface area contributed by atoms with Crippen LogP contribution in [0.2, 0.25) is 0 Å². The zero-order valence-corrected chi connectivity index (χ0v) is 13.2. The zero-order valence-electron chi connectivity index (χ0n) is 12.3. The highest BCUT2D eigenvalue weighted by atomic mass is 32.2. The smallest absolute Gasteiger partial charge is 0.180 e. The predicted molar refractivity (Wildman–Crippen MR) is 83.4 cm³/mol. The largest absolute Gasteiger partial charge is 0.364 e. The number of aldehydes is 1. The first-order valence-electron chi connectivity index (χ1n) is 6.71. The van der Waals surface area contributed by atoms with Crippen molar-refractivity contribution in [1.82, 2.24) is 0 Å². The topological polar surface area (TPSA) is 49.8 Å². The van der Waals surface area contributed by atoms with E-state index in [1.165, 1.54) is 4.90 Å². The number of carbonyl (C=O) groups is 1. The molecule has 1 aliphatic rings. The Morgan fingerprint density at radius 3 is 2.50 bits per heavy atom. The van der Waals surface area contributed by atoms with Gasteiger partial charge in [0.1, 0.15) is 6.29 Å². The second kappa shape index (κ2) is 8.29. The van der Waals surface area contributed by atoms with Gasteiger partial charge in [0.2, 0.25) is 0 Å². The lowest BCUT2D eigenvalue weighted by atomic mass is 10.2. The maximum atomic E-state index is 9.84. The number of thioether (sulfide) groups is 1. The molecule has 4 nitrogen and oxygen atoms in total. The number of aliphatic hydroxyl groups is 1. The molecule has 0 spiro atoms. The molecule has 1 aromatic rings. The first kappa shape index (κ1) is 17.0. The van der Waals surface area contributed by atoms with Gasteiger partial charge < -0.3 is 19.5 Å². The van der Waals surface area contributed by atoms with Crippen LogP contribution in [0.5, 0.6) is 0 Å². The Balaban J connectivity index is 0.000000444. The third-order valence-electron chi connectivity index (χ3n) is 2.86. The van der Waals surface area contributed by atoms with Gasteiger partial charge >= 0.3 is 0 Å². The second-order valence-corrected chi connectivity index (χ2v) is 5.60. The Morgan fingerprint density at radius 2 is 2.05 bits per heavy atom. The summed E-state index contributed by atoms with van der Waals surface area (Å²) in [6.45, 7) is 5.43. The SMILES string of the molecule is CCC=O.CSc1ccc(N2CCOC(C)(O)C2)cc1. The van der Waals surface area contributed by atoms with Crippen LogP contribution in [0.1, 0.15) is 20.3 Å². The maximum absolute atomic E-state index is 9.84. The Labute approximate surface area is 125 Å². The van der Waals surface area contributed by atoms with E-state index >= 15 is 0 Å². The van der Waals surface area contributed by atoms with Crippen molar-refractivity contribution in [2.24, 2.45) is 0 Å². The van der Waals surface area contributed by atoms with E-state index in [2.05, 4.69) is 35.4 Å². The Morgan fingerprint density at radius 1 is 1.45 bits per heavy atom. The van der Waals surface area contributed by atoms with Crippen molar-refractivity contribution in [3.63, 3.8) is 0 Å². The molecular weight excluding hydrogens is 274 g/mol. The molecule has 0 saturated carbocycles. The third kappa shape index (κ3) is 5.53. The third-order valence-corrected chi connectivity index (χ3v) is 3.61. The number of ether oxygens (including phenoxy) is 1. The van der Waals surface area contributed by atoms with Gasteiger partial charge in [-0.15, -0.1) is 11.8 Å². The van der Waals surface area contributed by atoms with E-state index in [0.29, 0.717) is 19.6 Å². The van der Waals surface area contributed by atoms with Crippen LogP contribution in [0.25, 0.3) is 0 Å². The number of β-amino-alcohol motifs (C(OH)–C–C–N with tert-alkyl or cyclic N) is 1. The van der Waals surface area contributed by atoms with Crippen molar-refractivity contribution in [1.29, 1.82) is 0 Å². The van der Waals surface area contributed by atoms with Crippen LogP contribution < -0.4 is 4.90 Å². The maximum Gasteiger partial charge on any atom is 0.180 e. The van der Waals surface area contributed by atoms with Crippen molar-refractivity contribution >= 4 is 23.7 Å². The number of nitrogens with zero attached hydrogens (tertiary/aromatic N) is 1. The summed E-state index contributed by atoms with van der Waals surface area (Å²) in [7, 11) is 0. The van der Waals surface area contributed by atoms with E-state index in [1.54, 1.807) is 18.7 Å². The van der Waals surface area contributed by atoms with Gasteiger partial charge in [0.25, 0.3) is 0 Å². The summed E-state index contributed by atoms with van der Waals surface area (Å²) in [4.78, 5) is 12.6. The second-order valence-electron chi connectivity index (χ2n) is 4.72. The summed E-state index contributed by atoms with van der Waals surface area (Å²) in [5.41, 5.74) is 1.14. The molecule has 1 unspecified atom stereocenters. The lowest BCUT2D eigenvalue weighted by Crippen LogP contribution is -2.50. The number of benzene rings is 1. The lowest BCUT2D eigenvalue weighted by Gasteiger charge is -2.38. The summed E-state index contributed by atoms with van der Waals surface area (Å²) in [6.07, 6.45) is 3.58. The standard InChI is InChI=1S/C12H17NO2S.C3H6O/c1-12(14)9-13(7-8-15-12)10-3-5-11(16-2)6-4-10;1-2-3-4/h3-6,14H,7-9H2,1-2H3;3H,2H2,1H3. The highest BCUT2D eigenvalue weighted by Crippen LogP contribution is 2.24. The molecule has 1 aliphatic heterocycles. The van der Waals surface area contributed by atoms with Crippen LogP contribution in [0, 0.1) is 0 Å². The molecule has 0 bridgehead atoms. The highest BCUT2D eigenvalue weighted by Gasteiger charge is 2.29. The van der Waals surface area contributed by atoms with Gasteiger partial charge in [-0.1, -0.05) is 6.92 Å². The Hall–Kier alpha value is -1.04. The number of carbonyl (C=O) groups excluding carboxylic acids is 1. The summed E-state index contributed by atoms with van der Waals surface area (Å²) >= 11 is 1.73. The van der Waals surface area contributed by atoms with Crippen LogP contribution in [-0.4, -0.2) is 43.1 Å². The van der Waals surface area contributed by atoms with Crippen molar-refractivity contribution < 1.29 is 14.6 Å². The first-order chi connectivity index (χ1) is 9.52. The average Bonchev–Trinajstić information content (AvgIpc) is 2.46.